The van der Waals surface area contributed by atoms with Crippen molar-refractivity contribution in [1.82, 2.24) is 9.80 Å². The molecule has 2 aromatic carbocycles. The van der Waals surface area contributed by atoms with Crippen LogP contribution in [0.1, 0.15) is 42.1 Å². The van der Waals surface area contributed by atoms with Gasteiger partial charge in [0, 0.05) is 56.2 Å². The van der Waals surface area contributed by atoms with Crippen LogP contribution in [-0.2, 0) is 11.3 Å². The highest BCUT2D eigenvalue weighted by Gasteiger charge is 2.29. The van der Waals surface area contributed by atoms with Crippen molar-refractivity contribution in [1.29, 1.82) is 0 Å². The number of ketones is 1. The minimum atomic E-state index is -0.0939. The number of likely N-dealkylation sites (tertiary alicyclic amines) is 1. The minimum absolute atomic E-state index is 0.0895. The van der Waals surface area contributed by atoms with Gasteiger partial charge >= 0.3 is 0 Å². The number of fused-ring (bicyclic) bond motifs is 1. The Balaban J connectivity index is 1.33. The third-order valence-electron chi connectivity index (χ3n) is 6.06. The Morgan fingerprint density at radius 2 is 1.80 bits per heavy atom. The zero-order chi connectivity index (χ0) is 20.9. The maximum atomic E-state index is 12.9. The Bertz CT molecular complexity index is 883. The monoisotopic (exact) mass is 406 g/mol. The van der Waals surface area contributed by atoms with Gasteiger partial charge in [0.1, 0.15) is 11.9 Å². The molecule has 0 aromatic heterocycles. The van der Waals surface area contributed by atoms with Crippen molar-refractivity contribution in [3.63, 3.8) is 0 Å². The summed E-state index contributed by atoms with van der Waals surface area (Å²) in [6.45, 7) is 5.66. The third-order valence-corrected chi connectivity index (χ3v) is 6.06. The van der Waals surface area contributed by atoms with Crippen LogP contribution in [-0.4, -0.2) is 53.8 Å². The fraction of sp³-hybridized carbons (Fsp3) is 0.440. The Kier molecular flexibility index (Phi) is 6.48. The van der Waals surface area contributed by atoms with Gasteiger partial charge in [-0.1, -0.05) is 48.5 Å². The SMILES string of the molecule is C[C@H]1CN(CCC(=O)N2CCC[C@@H](C(=O)c3ccccc3)C2)Cc2ccccc2O1. The van der Waals surface area contributed by atoms with Gasteiger partial charge in [-0.15, -0.1) is 0 Å². The zero-order valence-corrected chi connectivity index (χ0v) is 17.6. The topological polar surface area (TPSA) is 49.9 Å². The second kappa shape index (κ2) is 9.43. The standard InChI is InChI=1S/C25H30N2O3/c1-19-16-26(17-21-10-5-6-12-23(21)30-19)15-13-24(28)27-14-7-11-22(18-27)25(29)20-8-3-2-4-9-20/h2-6,8-10,12,19,22H,7,11,13-18H2,1H3/t19-,22+/m0/s1. The normalized spacial score (nSPS) is 22.0. The maximum absolute atomic E-state index is 12.9. The first kappa shape index (κ1) is 20.6. The van der Waals surface area contributed by atoms with Crippen LogP contribution < -0.4 is 4.74 Å². The lowest BCUT2D eigenvalue weighted by Crippen LogP contribution is -2.43. The number of rotatable bonds is 5. The first-order chi connectivity index (χ1) is 14.6. The molecule has 0 spiro atoms. The van der Waals surface area contributed by atoms with Crippen LogP contribution in [0.5, 0.6) is 5.75 Å². The number of para-hydroxylation sites is 1. The molecule has 0 aliphatic carbocycles. The van der Waals surface area contributed by atoms with Crippen molar-refractivity contribution in [2.24, 2.45) is 5.92 Å². The second-order valence-electron chi connectivity index (χ2n) is 8.43. The van der Waals surface area contributed by atoms with E-state index in [4.69, 9.17) is 4.74 Å². The molecule has 1 saturated heterocycles. The molecule has 158 valence electrons. The Morgan fingerprint density at radius 3 is 2.63 bits per heavy atom. The molecule has 1 fully saturated rings. The van der Waals surface area contributed by atoms with E-state index in [1.54, 1.807) is 0 Å². The molecule has 0 N–H and O–H groups in total. The molecule has 2 aliphatic heterocycles. The molecule has 5 nitrogen and oxygen atoms in total. The predicted molar refractivity (Wildman–Crippen MR) is 117 cm³/mol. The Labute approximate surface area is 178 Å². The molecule has 0 radical (unpaired) electrons. The fourth-order valence-corrected chi connectivity index (χ4v) is 4.51. The summed E-state index contributed by atoms with van der Waals surface area (Å²) in [6, 6.07) is 17.6. The number of piperidine rings is 1. The molecule has 0 unspecified atom stereocenters. The lowest BCUT2D eigenvalue weighted by atomic mass is 9.90. The molecule has 2 heterocycles. The zero-order valence-electron chi connectivity index (χ0n) is 17.6. The van der Waals surface area contributed by atoms with Crippen LogP contribution in [0.25, 0.3) is 0 Å². The quantitative estimate of drug-likeness (QED) is 0.709. The summed E-state index contributed by atoms with van der Waals surface area (Å²) in [7, 11) is 0. The first-order valence-electron chi connectivity index (χ1n) is 10.9. The summed E-state index contributed by atoms with van der Waals surface area (Å²) in [5, 5.41) is 0. The highest BCUT2D eigenvalue weighted by Crippen LogP contribution is 2.25. The minimum Gasteiger partial charge on any atom is -0.489 e. The summed E-state index contributed by atoms with van der Waals surface area (Å²) in [5.41, 5.74) is 1.91. The maximum Gasteiger partial charge on any atom is 0.223 e. The molecule has 2 aromatic rings. The molecule has 2 atom stereocenters. The average molecular weight is 407 g/mol. The highest BCUT2D eigenvalue weighted by molar-refractivity contribution is 5.98. The van der Waals surface area contributed by atoms with E-state index >= 15 is 0 Å². The number of Topliss-reactive ketones (excluding diaryl/α,β-unsaturated/α-hetero) is 1. The van der Waals surface area contributed by atoms with Gasteiger partial charge in [-0.05, 0) is 25.8 Å². The summed E-state index contributed by atoms with van der Waals surface area (Å²) in [5.74, 6) is 1.15. The van der Waals surface area contributed by atoms with E-state index in [1.165, 1.54) is 5.56 Å². The molecule has 4 rings (SSSR count). The first-order valence-corrected chi connectivity index (χ1v) is 10.9. The smallest absolute Gasteiger partial charge is 0.223 e. The predicted octanol–water partition coefficient (Wildman–Crippen LogP) is 3.78. The number of nitrogens with zero attached hydrogens (tertiary/aromatic N) is 2. The van der Waals surface area contributed by atoms with Gasteiger partial charge in [0.05, 0.1) is 0 Å². The average Bonchev–Trinajstić information content (AvgIpc) is 2.95. The number of carbonyl (C=O) groups is 2. The van der Waals surface area contributed by atoms with Crippen molar-refractivity contribution in [2.75, 3.05) is 26.2 Å². The highest BCUT2D eigenvalue weighted by atomic mass is 16.5. The summed E-state index contributed by atoms with van der Waals surface area (Å²) >= 11 is 0. The van der Waals surface area contributed by atoms with Crippen molar-refractivity contribution < 1.29 is 14.3 Å². The van der Waals surface area contributed by atoms with Crippen molar-refractivity contribution in [3.8, 4) is 5.75 Å². The molecule has 0 bridgehead atoms. The lowest BCUT2D eigenvalue weighted by Gasteiger charge is -2.33. The molecule has 30 heavy (non-hydrogen) atoms. The number of carbonyl (C=O) groups excluding carboxylic acids is 2. The van der Waals surface area contributed by atoms with Crippen LogP contribution in [0.2, 0.25) is 0 Å². The summed E-state index contributed by atoms with van der Waals surface area (Å²) < 4.78 is 6.02. The van der Waals surface area contributed by atoms with Gasteiger partial charge in [0.15, 0.2) is 5.78 Å². The van der Waals surface area contributed by atoms with Gasteiger partial charge in [-0.3, -0.25) is 14.5 Å². The van der Waals surface area contributed by atoms with E-state index < -0.39 is 0 Å². The molecular formula is C25H30N2O3. The summed E-state index contributed by atoms with van der Waals surface area (Å²) in [6.07, 6.45) is 2.31. The Morgan fingerprint density at radius 1 is 1.03 bits per heavy atom. The van der Waals surface area contributed by atoms with Crippen molar-refractivity contribution in [2.45, 2.75) is 38.8 Å². The van der Waals surface area contributed by atoms with Gasteiger partial charge in [-0.25, -0.2) is 0 Å². The lowest BCUT2D eigenvalue weighted by molar-refractivity contribution is -0.133. The largest absolute Gasteiger partial charge is 0.489 e. The van der Waals surface area contributed by atoms with Crippen LogP contribution >= 0.6 is 0 Å². The van der Waals surface area contributed by atoms with E-state index in [1.807, 2.05) is 53.4 Å². The number of hydrogen-bond acceptors (Lipinski definition) is 4. The van der Waals surface area contributed by atoms with Crippen LogP contribution in [0, 0.1) is 5.92 Å². The van der Waals surface area contributed by atoms with Crippen molar-refractivity contribution in [3.05, 3.63) is 65.7 Å². The van der Waals surface area contributed by atoms with E-state index in [-0.39, 0.29) is 23.7 Å². The number of hydrogen-bond donors (Lipinski definition) is 0. The Hall–Kier alpha value is -2.66. The van der Waals surface area contributed by atoms with Gasteiger partial charge in [0.2, 0.25) is 5.91 Å². The van der Waals surface area contributed by atoms with Crippen LogP contribution in [0.15, 0.2) is 54.6 Å². The number of amides is 1. The van der Waals surface area contributed by atoms with Crippen LogP contribution in [0.3, 0.4) is 0 Å². The number of ether oxygens (including phenoxy) is 1. The summed E-state index contributed by atoms with van der Waals surface area (Å²) in [4.78, 5) is 29.9. The third kappa shape index (κ3) is 4.90. The van der Waals surface area contributed by atoms with E-state index in [9.17, 15) is 9.59 Å². The van der Waals surface area contributed by atoms with Crippen LogP contribution in [0.4, 0.5) is 0 Å². The van der Waals surface area contributed by atoms with E-state index in [0.29, 0.717) is 19.5 Å². The molecular weight excluding hydrogens is 376 g/mol. The molecule has 0 saturated carbocycles. The van der Waals surface area contributed by atoms with Crippen molar-refractivity contribution >= 4 is 11.7 Å². The second-order valence-corrected chi connectivity index (χ2v) is 8.43. The number of benzene rings is 2. The van der Waals surface area contributed by atoms with E-state index in [2.05, 4.69) is 17.9 Å². The molecule has 1 amide bonds. The molecule has 2 aliphatic rings. The van der Waals surface area contributed by atoms with Gasteiger partial charge in [0.25, 0.3) is 0 Å². The van der Waals surface area contributed by atoms with Gasteiger partial charge < -0.3 is 9.64 Å². The van der Waals surface area contributed by atoms with E-state index in [0.717, 1.165) is 43.8 Å². The van der Waals surface area contributed by atoms with Gasteiger partial charge in [-0.2, -0.15) is 0 Å². The molecule has 5 heteroatoms. The fourth-order valence-electron chi connectivity index (χ4n) is 4.51.